The van der Waals surface area contributed by atoms with Crippen molar-refractivity contribution in [2.75, 3.05) is 26.7 Å². The van der Waals surface area contributed by atoms with Crippen molar-refractivity contribution in [3.63, 3.8) is 0 Å². The van der Waals surface area contributed by atoms with Gasteiger partial charge < -0.3 is 20.1 Å². The lowest BCUT2D eigenvalue weighted by Crippen LogP contribution is -2.50. The van der Waals surface area contributed by atoms with E-state index in [4.69, 9.17) is 34.4 Å². The molecular formula is C25H30F9N5O7. The molecule has 260 valence electrons. The number of hydrogen-bond acceptors (Lipinski definition) is 8. The summed E-state index contributed by atoms with van der Waals surface area (Å²) in [6, 6.07) is 4.73. The molecular weight excluding hydrogens is 653 g/mol. The van der Waals surface area contributed by atoms with Crippen LogP contribution in [-0.2, 0) is 39.3 Å². The largest absolute Gasteiger partial charge is 0.490 e. The molecule has 0 radical (unpaired) electrons. The van der Waals surface area contributed by atoms with Crippen molar-refractivity contribution in [1.29, 1.82) is 0 Å². The second kappa shape index (κ2) is 17.1. The molecule has 2 aromatic rings. The minimum Gasteiger partial charge on any atom is -0.475 e. The number of carboxylic acids is 3. The first-order chi connectivity index (χ1) is 21.1. The molecule has 4 heterocycles. The van der Waals surface area contributed by atoms with E-state index in [-0.39, 0.29) is 0 Å². The summed E-state index contributed by atoms with van der Waals surface area (Å²) in [5, 5.41) is 25.7. The predicted molar refractivity (Wildman–Crippen MR) is 137 cm³/mol. The summed E-state index contributed by atoms with van der Waals surface area (Å²) < 4.78 is 103. The second-order valence-electron chi connectivity index (χ2n) is 9.75. The van der Waals surface area contributed by atoms with E-state index in [0.29, 0.717) is 18.1 Å². The topological polar surface area (TPSA) is 158 Å². The number of nitrogens with zero attached hydrogens (tertiary/aromatic N) is 5. The van der Waals surface area contributed by atoms with Gasteiger partial charge in [-0.1, -0.05) is 6.07 Å². The average molecular weight is 684 g/mol. The van der Waals surface area contributed by atoms with Crippen LogP contribution in [0.1, 0.15) is 17.5 Å². The highest BCUT2D eigenvalue weighted by molar-refractivity contribution is 5.73. The molecule has 0 saturated carbocycles. The number of likely N-dealkylation sites (tertiary alicyclic amines) is 2. The Morgan fingerprint density at radius 2 is 1.39 bits per heavy atom. The van der Waals surface area contributed by atoms with Crippen LogP contribution >= 0.6 is 0 Å². The SMILES string of the molecule is CO[C@H]1CCN(Cc2cnn(C)c2)[C@@H]2CN(Cc3cccnc3)C[C@H]12.O=C(O)C(F)(F)F.O=C(O)C(F)(F)F.O=C(O)C(F)(F)F. The maximum absolute atomic E-state index is 10.6. The molecule has 46 heavy (non-hydrogen) atoms. The second-order valence-corrected chi connectivity index (χ2v) is 9.75. The van der Waals surface area contributed by atoms with Crippen molar-refractivity contribution in [1.82, 2.24) is 24.6 Å². The molecule has 2 aromatic heterocycles. The number of alkyl halides is 9. The van der Waals surface area contributed by atoms with Crippen molar-refractivity contribution >= 4 is 17.9 Å². The molecule has 12 nitrogen and oxygen atoms in total. The number of ether oxygens (including phenoxy) is 1. The molecule has 0 bridgehead atoms. The maximum Gasteiger partial charge on any atom is 0.490 e. The molecule has 4 rings (SSSR count). The van der Waals surface area contributed by atoms with Gasteiger partial charge in [-0.25, -0.2) is 14.4 Å². The molecule has 21 heteroatoms. The zero-order valence-corrected chi connectivity index (χ0v) is 24.1. The Labute approximate surface area is 255 Å². The van der Waals surface area contributed by atoms with Gasteiger partial charge in [-0.05, 0) is 18.1 Å². The Morgan fingerprint density at radius 1 is 0.870 bits per heavy atom. The Kier molecular flexibility index (Phi) is 14.9. The highest BCUT2D eigenvalue weighted by atomic mass is 19.4. The van der Waals surface area contributed by atoms with E-state index < -0.39 is 36.4 Å². The quantitative estimate of drug-likeness (QED) is 0.397. The summed E-state index contributed by atoms with van der Waals surface area (Å²) in [5.74, 6) is -7.69. The fourth-order valence-corrected chi connectivity index (χ4v) is 4.47. The molecule has 3 N–H and O–H groups in total. The number of piperidine rings is 1. The van der Waals surface area contributed by atoms with Crippen LogP contribution in [0.2, 0.25) is 0 Å². The van der Waals surface area contributed by atoms with E-state index >= 15 is 0 Å². The number of rotatable bonds is 5. The molecule has 0 unspecified atom stereocenters. The third-order valence-electron chi connectivity index (χ3n) is 6.36. The number of hydrogen-bond donors (Lipinski definition) is 3. The number of aromatic nitrogens is 3. The summed E-state index contributed by atoms with van der Waals surface area (Å²) in [4.78, 5) is 36.1. The van der Waals surface area contributed by atoms with Crippen LogP contribution in [0.3, 0.4) is 0 Å². The first kappa shape index (κ1) is 40.0. The molecule has 2 aliphatic heterocycles. The number of fused-ring (bicyclic) bond motifs is 1. The molecule has 2 saturated heterocycles. The van der Waals surface area contributed by atoms with Crippen molar-refractivity contribution in [3.8, 4) is 0 Å². The van der Waals surface area contributed by atoms with Gasteiger partial charge in [-0.15, -0.1) is 0 Å². The molecule has 0 aliphatic carbocycles. The molecule has 2 fully saturated rings. The summed E-state index contributed by atoms with van der Waals surface area (Å²) >= 11 is 0. The zero-order valence-electron chi connectivity index (χ0n) is 24.1. The van der Waals surface area contributed by atoms with Crippen LogP contribution in [-0.4, -0.2) is 115 Å². The Bertz CT molecular complexity index is 1200. The van der Waals surface area contributed by atoms with Gasteiger partial charge in [-0.2, -0.15) is 44.6 Å². The van der Waals surface area contributed by atoms with Crippen LogP contribution in [0.5, 0.6) is 0 Å². The predicted octanol–water partition coefficient (Wildman–Crippen LogP) is 3.44. The minimum absolute atomic E-state index is 0.369. The normalized spacial score (nSPS) is 20.1. The summed E-state index contributed by atoms with van der Waals surface area (Å²) in [7, 11) is 3.84. The van der Waals surface area contributed by atoms with Gasteiger partial charge in [0, 0.05) is 83.0 Å². The van der Waals surface area contributed by atoms with Crippen LogP contribution in [0, 0.1) is 5.92 Å². The summed E-state index contributed by atoms with van der Waals surface area (Å²) in [6.07, 6.45) is -5.85. The number of methoxy groups -OCH3 is 1. The lowest BCUT2D eigenvalue weighted by molar-refractivity contribution is -0.193. The highest BCUT2D eigenvalue weighted by Crippen LogP contribution is 2.34. The van der Waals surface area contributed by atoms with Crippen molar-refractivity contribution < 1.29 is 74.0 Å². The van der Waals surface area contributed by atoms with E-state index in [9.17, 15) is 39.5 Å². The van der Waals surface area contributed by atoms with E-state index in [2.05, 4.69) is 32.1 Å². The number of aryl methyl sites for hydroxylation is 1. The number of pyridine rings is 1. The molecule has 0 amide bonds. The summed E-state index contributed by atoms with van der Waals surface area (Å²) in [6.45, 7) is 5.24. The van der Waals surface area contributed by atoms with Gasteiger partial charge in [0.1, 0.15) is 0 Å². The van der Waals surface area contributed by atoms with Crippen molar-refractivity contribution in [3.05, 3.63) is 48.0 Å². The van der Waals surface area contributed by atoms with Crippen LogP contribution in [0.25, 0.3) is 0 Å². The van der Waals surface area contributed by atoms with E-state index in [1.165, 1.54) is 11.1 Å². The first-order valence-corrected chi connectivity index (χ1v) is 12.8. The number of aliphatic carboxylic acids is 3. The van der Waals surface area contributed by atoms with Gasteiger partial charge in [0.05, 0.1) is 12.3 Å². The smallest absolute Gasteiger partial charge is 0.475 e. The maximum atomic E-state index is 10.6. The van der Waals surface area contributed by atoms with Crippen molar-refractivity contribution in [2.24, 2.45) is 13.0 Å². The van der Waals surface area contributed by atoms with E-state index in [1.807, 2.05) is 43.5 Å². The molecule has 0 aromatic carbocycles. The van der Waals surface area contributed by atoms with Gasteiger partial charge >= 0.3 is 36.4 Å². The number of halogens is 9. The fraction of sp³-hybridized carbons (Fsp3) is 0.560. The van der Waals surface area contributed by atoms with Gasteiger partial charge in [0.25, 0.3) is 0 Å². The standard InChI is InChI=1S/C19H27N5O.3C2HF3O2/c1-22-10-16(9-21-22)12-24-7-5-19(25-2)17-13-23(14-18(17)24)11-15-4-3-6-20-8-15;3*3-2(4,5)1(6)7/h3-4,6,8-10,17-19H,5,7,11-14H2,1-2H3;3*(H,6,7)/t17-,18+,19-;;;/m0.../s1. The number of carboxylic acid groups (broad SMARTS) is 3. The van der Waals surface area contributed by atoms with Gasteiger partial charge in [0.2, 0.25) is 0 Å². The first-order valence-electron chi connectivity index (χ1n) is 12.8. The van der Waals surface area contributed by atoms with E-state index in [0.717, 1.165) is 39.1 Å². The highest BCUT2D eigenvalue weighted by Gasteiger charge is 2.44. The Morgan fingerprint density at radius 3 is 1.78 bits per heavy atom. The van der Waals surface area contributed by atoms with Gasteiger partial charge in [-0.3, -0.25) is 19.5 Å². The van der Waals surface area contributed by atoms with Crippen LogP contribution < -0.4 is 0 Å². The van der Waals surface area contributed by atoms with Crippen molar-refractivity contribution in [2.45, 2.75) is 50.2 Å². The Hall–Kier alpha value is -3.98. The third kappa shape index (κ3) is 14.0. The lowest BCUT2D eigenvalue weighted by Gasteiger charge is -2.41. The Balaban J connectivity index is 0.000000413. The third-order valence-corrected chi connectivity index (χ3v) is 6.36. The van der Waals surface area contributed by atoms with E-state index in [1.54, 1.807) is 0 Å². The fourth-order valence-electron chi connectivity index (χ4n) is 4.47. The number of carbonyl (C=O) groups is 3. The zero-order chi connectivity index (χ0) is 35.5. The lowest BCUT2D eigenvalue weighted by atomic mass is 9.89. The van der Waals surface area contributed by atoms with Crippen LogP contribution in [0.15, 0.2) is 36.9 Å². The monoisotopic (exact) mass is 683 g/mol. The minimum atomic E-state index is -5.08. The molecule has 3 atom stereocenters. The summed E-state index contributed by atoms with van der Waals surface area (Å²) in [5.41, 5.74) is 2.58. The molecule has 0 spiro atoms. The molecule has 2 aliphatic rings. The van der Waals surface area contributed by atoms with Gasteiger partial charge in [0.15, 0.2) is 0 Å². The average Bonchev–Trinajstić information content (AvgIpc) is 3.55. The van der Waals surface area contributed by atoms with Crippen LogP contribution in [0.4, 0.5) is 39.5 Å².